The highest BCUT2D eigenvalue weighted by Gasteiger charge is 2.23. The second kappa shape index (κ2) is 17.6. The summed E-state index contributed by atoms with van der Waals surface area (Å²) in [6.45, 7) is 3.30. The van der Waals surface area contributed by atoms with Crippen LogP contribution in [0.5, 0.6) is 5.75 Å². The Balaban J connectivity index is 0.850. The van der Waals surface area contributed by atoms with E-state index in [1.807, 2.05) is 78.9 Å². The number of nitrogens with one attached hydrogen (secondary N) is 4. The molecule has 1 aliphatic rings. The molecule has 52 heavy (non-hydrogen) atoms. The molecule has 11 heteroatoms. The topological polar surface area (TPSA) is 156 Å². The molecule has 2 amide bonds. The van der Waals surface area contributed by atoms with E-state index in [-0.39, 0.29) is 41.8 Å². The summed E-state index contributed by atoms with van der Waals surface area (Å²) < 4.78 is 5.78. The molecule has 1 aromatic heterocycles. The number of likely N-dealkylation sites (tertiary alicyclic amines) is 1. The monoisotopic (exact) mass is 703 g/mol. The van der Waals surface area contributed by atoms with Gasteiger partial charge >= 0.3 is 6.09 Å². The van der Waals surface area contributed by atoms with E-state index in [0.29, 0.717) is 17.5 Å². The molecule has 6 rings (SSSR count). The number of aromatic hydroxyl groups is 1. The third kappa shape index (κ3) is 9.85. The minimum atomic E-state index is -0.890. The number of aromatic amines is 1. The number of fused-ring (bicyclic) bond motifs is 1. The Hall–Kier alpha value is -5.49. The molecular formula is C41H45N5O6. The number of rotatable bonds is 14. The number of anilines is 2. The minimum absolute atomic E-state index is 0.0640. The number of phenols is 1. The highest BCUT2D eigenvalue weighted by atomic mass is 16.6. The molecule has 1 fully saturated rings. The normalized spacial score (nSPS) is 14.2. The van der Waals surface area contributed by atoms with Gasteiger partial charge in [0, 0.05) is 55.3 Å². The number of ether oxygens (including phenoxy) is 1. The van der Waals surface area contributed by atoms with Gasteiger partial charge in [-0.1, -0.05) is 66.7 Å². The van der Waals surface area contributed by atoms with E-state index in [1.165, 1.54) is 17.7 Å². The number of para-hydroxylation sites is 1. The van der Waals surface area contributed by atoms with Crippen LogP contribution < -0.4 is 21.5 Å². The van der Waals surface area contributed by atoms with Gasteiger partial charge in [-0.3, -0.25) is 14.9 Å². The van der Waals surface area contributed by atoms with Gasteiger partial charge in [0.15, 0.2) is 0 Å². The first kappa shape index (κ1) is 36.3. The first-order valence-corrected chi connectivity index (χ1v) is 17.8. The third-order valence-electron chi connectivity index (χ3n) is 9.37. The van der Waals surface area contributed by atoms with E-state index in [4.69, 9.17) is 4.74 Å². The maximum atomic E-state index is 12.7. The number of hydrogen-bond acceptors (Lipinski definition) is 8. The molecule has 0 radical (unpaired) electrons. The van der Waals surface area contributed by atoms with Crippen LogP contribution in [0.25, 0.3) is 22.0 Å². The molecule has 5 aromatic rings. The van der Waals surface area contributed by atoms with Crippen molar-refractivity contribution in [2.45, 2.75) is 44.3 Å². The lowest BCUT2D eigenvalue weighted by atomic mass is 10.0. The molecule has 270 valence electrons. The van der Waals surface area contributed by atoms with E-state index in [2.05, 4.69) is 25.8 Å². The van der Waals surface area contributed by atoms with Crippen molar-refractivity contribution in [3.63, 3.8) is 0 Å². The van der Waals surface area contributed by atoms with E-state index >= 15 is 0 Å². The molecule has 1 aliphatic heterocycles. The van der Waals surface area contributed by atoms with Crippen LogP contribution in [-0.4, -0.2) is 70.9 Å². The van der Waals surface area contributed by atoms with Gasteiger partial charge in [-0.15, -0.1) is 0 Å². The van der Waals surface area contributed by atoms with Gasteiger partial charge in [-0.25, -0.2) is 4.79 Å². The molecule has 0 saturated carbocycles. The average Bonchev–Trinajstić information content (AvgIpc) is 3.15. The lowest BCUT2D eigenvalue weighted by molar-refractivity contribution is -0.116. The van der Waals surface area contributed by atoms with E-state index in [1.54, 1.807) is 12.1 Å². The first-order chi connectivity index (χ1) is 25.3. The van der Waals surface area contributed by atoms with Crippen molar-refractivity contribution in [2.75, 3.05) is 43.4 Å². The van der Waals surface area contributed by atoms with Crippen LogP contribution in [0, 0.1) is 0 Å². The van der Waals surface area contributed by atoms with E-state index < -0.39 is 12.2 Å². The summed E-state index contributed by atoms with van der Waals surface area (Å²) >= 11 is 0. The number of aromatic nitrogens is 1. The van der Waals surface area contributed by atoms with E-state index in [9.17, 15) is 24.6 Å². The zero-order chi connectivity index (χ0) is 36.3. The Kier molecular flexibility index (Phi) is 12.3. The number of carbonyl (C=O) groups excluding carboxylic acids is 2. The Morgan fingerprint density at radius 3 is 2.42 bits per heavy atom. The Bertz CT molecular complexity index is 2010. The molecule has 6 N–H and O–H groups in total. The lowest BCUT2D eigenvalue weighted by Crippen LogP contribution is -2.39. The van der Waals surface area contributed by atoms with Gasteiger partial charge in [0.05, 0.1) is 17.3 Å². The van der Waals surface area contributed by atoms with Crippen LogP contribution in [0.2, 0.25) is 0 Å². The molecule has 2 heterocycles. The fourth-order valence-electron chi connectivity index (χ4n) is 6.59. The zero-order valence-electron chi connectivity index (χ0n) is 29.0. The van der Waals surface area contributed by atoms with Crippen LogP contribution in [0.1, 0.15) is 42.9 Å². The molecule has 4 aromatic carbocycles. The predicted octanol–water partition coefficient (Wildman–Crippen LogP) is 6.20. The van der Waals surface area contributed by atoms with Gasteiger partial charge in [0.1, 0.15) is 11.9 Å². The number of benzene rings is 4. The van der Waals surface area contributed by atoms with Gasteiger partial charge in [0.25, 0.3) is 0 Å². The summed E-state index contributed by atoms with van der Waals surface area (Å²) in [5, 5.41) is 30.3. The number of amides is 2. The van der Waals surface area contributed by atoms with Crippen molar-refractivity contribution in [3.05, 3.63) is 125 Å². The Morgan fingerprint density at radius 2 is 1.63 bits per heavy atom. The number of piperidine rings is 1. The van der Waals surface area contributed by atoms with Gasteiger partial charge in [-0.05, 0) is 79.3 Å². The standard InChI is InChI=1S/C41H45N5O6/c47-36-18-16-33(34-17-19-38(49)45-40(34)36)37(48)27-42-23-20-39(50)43-30-14-12-28(13-15-30)7-6-24-46-25-21-31(22-26-46)52-41(51)44-35-11-5-4-10-32(35)29-8-2-1-3-9-29/h1-5,8-19,31,37,42,47-48H,6-7,20-27H2,(H,43,50)(H,44,51)(H,45,49)/t37-/m0/s1. The fraction of sp³-hybridized carbons (Fsp3) is 0.293. The average molecular weight is 704 g/mol. The molecular weight excluding hydrogens is 658 g/mol. The van der Waals surface area contributed by atoms with Gasteiger partial charge < -0.3 is 35.5 Å². The van der Waals surface area contributed by atoms with Crippen molar-refractivity contribution in [2.24, 2.45) is 0 Å². The first-order valence-electron chi connectivity index (χ1n) is 17.8. The van der Waals surface area contributed by atoms with E-state index in [0.717, 1.165) is 67.8 Å². The quantitative estimate of drug-likeness (QED) is 0.0748. The molecule has 11 nitrogen and oxygen atoms in total. The van der Waals surface area contributed by atoms with Crippen LogP contribution >= 0.6 is 0 Å². The summed E-state index contributed by atoms with van der Waals surface area (Å²) in [5.74, 6) is -0.199. The molecule has 0 bridgehead atoms. The van der Waals surface area contributed by atoms with Gasteiger partial charge in [0.2, 0.25) is 11.5 Å². The summed E-state index contributed by atoms with van der Waals surface area (Å²) in [7, 11) is 0. The van der Waals surface area contributed by atoms with Crippen molar-refractivity contribution in [1.29, 1.82) is 0 Å². The maximum Gasteiger partial charge on any atom is 0.411 e. The van der Waals surface area contributed by atoms with Crippen LogP contribution in [0.4, 0.5) is 16.2 Å². The van der Waals surface area contributed by atoms with Crippen LogP contribution in [-0.2, 0) is 16.0 Å². The number of aliphatic hydroxyl groups excluding tert-OH is 1. The van der Waals surface area contributed by atoms with Crippen molar-refractivity contribution >= 4 is 34.3 Å². The number of H-pyrrole nitrogens is 1. The summed E-state index contributed by atoms with van der Waals surface area (Å²) in [6, 6.07) is 31.6. The van der Waals surface area contributed by atoms with Crippen molar-refractivity contribution in [3.8, 4) is 16.9 Å². The minimum Gasteiger partial charge on any atom is -0.506 e. The number of hydrogen-bond donors (Lipinski definition) is 6. The smallest absolute Gasteiger partial charge is 0.411 e. The number of nitrogens with zero attached hydrogens (tertiary/aromatic N) is 1. The molecule has 0 aliphatic carbocycles. The summed E-state index contributed by atoms with van der Waals surface area (Å²) in [6.07, 6.45) is 2.34. The Morgan fingerprint density at radius 1 is 0.885 bits per heavy atom. The molecule has 0 unspecified atom stereocenters. The number of aliphatic hydroxyl groups is 1. The second-order valence-electron chi connectivity index (χ2n) is 13.1. The highest BCUT2D eigenvalue weighted by Crippen LogP contribution is 2.29. The zero-order valence-corrected chi connectivity index (χ0v) is 29.0. The maximum absolute atomic E-state index is 12.7. The second-order valence-corrected chi connectivity index (χ2v) is 13.1. The SMILES string of the molecule is O=C(CCNC[C@H](O)c1ccc(O)c2[nH]c(=O)ccc12)Nc1ccc(CCCN2CCC(OC(=O)Nc3ccccc3-c3ccccc3)CC2)cc1. The summed E-state index contributed by atoms with van der Waals surface area (Å²) in [5.41, 5.74) is 5.16. The third-order valence-corrected chi connectivity index (χ3v) is 9.37. The number of pyridine rings is 1. The molecule has 0 spiro atoms. The van der Waals surface area contributed by atoms with Gasteiger partial charge in [-0.2, -0.15) is 0 Å². The molecule has 1 atom stereocenters. The van der Waals surface area contributed by atoms with Crippen LogP contribution in [0.15, 0.2) is 108 Å². The van der Waals surface area contributed by atoms with Crippen LogP contribution in [0.3, 0.4) is 0 Å². The summed E-state index contributed by atoms with van der Waals surface area (Å²) in [4.78, 5) is 41.9. The van der Waals surface area contributed by atoms with Crippen molar-refractivity contribution < 1.29 is 24.5 Å². The number of carbonyl (C=O) groups is 2. The number of aryl methyl sites for hydroxylation is 1. The Labute approximate surface area is 302 Å². The highest BCUT2D eigenvalue weighted by molar-refractivity contribution is 5.92. The largest absolute Gasteiger partial charge is 0.506 e. The lowest BCUT2D eigenvalue weighted by Gasteiger charge is -2.31. The number of phenolic OH excluding ortho intramolecular Hbond substituents is 1. The van der Waals surface area contributed by atoms with Crippen molar-refractivity contribution in [1.82, 2.24) is 15.2 Å². The fourth-order valence-corrected chi connectivity index (χ4v) is 6.59. The predicted molar refractivity (Wildman–Crippen MR) is 204 cm³/mol. The molecule has 1 saturated heterocycles.